The zero-order chi connectivity index (χ0) is 27.4. The minimum atomic E-state index is -0.219. The number of H-pyrrole nitrogens is 1. The molecule has 0 unspecified atom stereocenters. The third kappa shape index (κ3) is 5.92. The molecule has 1 fully saturated rings. The predicted molar refractivity (Wildman–Crippen MR) is 155 cm³/mol. The monoisotopic (exact) mass is 526 g/mol. The van der Waals surface area contributed by atoms with Crippen LogP contribution in [0.5, 0.6) is 5.75 Å². The van der Waals surface area contributed by atoms with Crippen molar-refractivity contribution in [1.29, 1.82) is 0 Å². The Morgan fingerprint density at radius 1 is 1.08 bits per heavy atom. The number of hydrogen-bond donors (Lipinski definition) is 2. The third-order valence-corrected chi connectivity index (χ3v) is 7.76. The number of aromatic nitrogens is 3. The lowest BCUT2D eigenvalue weighted by Gasteiger charge is -2.14. The van der Waals surface area contributed by atoms with E-state index in [0.717, 1.165) is 64.7 Å². The Kier molecular flexibility index (Phi) is 8.15. The minimum Gasteiger partial charge on any atom is -0.494 e. The lowest BCUT2D eigenvalue weighted by Crippen LogP contribution is -2.28. The van der Waals surface area contributed by atoms with Crippen LogP contribution in [-0.2, 0) is 6.54 Å². The van der Waals surface area contributed by atoms with E-state index in [1.165, 1.54) is 19.3 Å². The molecule has 5 rings (SSSR count). The van der Waals surface area contributed by atoms with Crippen LogP contribution in [-0.4, -0.2) is 27.3 Å². The molecule has 2 N–H and O–H groups in total. The summed E-state index contributed by atoms with van der Waals surface area (Å²) in [6.45, 7) is 6.81. The molecule has 2 heterocycles. The average Bonchev–Trinajstić information content (AvgIpc) is 3.60. The highest BCUT2D eigenvalue weighted by Crippen LogP contribution is 2.35. The number of nitrogens with one attached hydrogen (secondary N) is 2. The minimum absolute atomic E-state index is 0.160. The molecule has 39 heavy (non-hydrogen) atoms. The normalized spacial score (nSPS) is 13.7. The van der Waals surface area contributed by atoms with Gasteiger partial charge in [-0.2, -0.15) is 5.10 Å². The fourth-order valence-corrected chi connectivity index (χ4v) is 5.59. The Morgan fingerprint density at radius 3 is 2.56 bits per heavy atom. The smallest absolute Gasteiger partial charge is 0.253 e. The molecule has 1 aliphatic carbocycles. The van der Waals surface area contributed by atoms with Crippen molar-refractivity contribution in [3.63, 3.8) is 0 Å². The van der Waals surface area contributed by atoms with Gasteiger partial charge in [0.25, 0.3) is 11.5 Å². The first-order chi connectivity index (χ1) is 18.9. The van der Waals surface area contributed by atoms with Gasteiger partial charge in [-0.1, -0.05) is 44.7 Å². The summed E-state index contributed by atoms with van der Waals surface area (Å²) in [6.07, 6.45) is 9.78. The van der Waals surface area contributed by atoms with Crippen molar-refractivity contribution in [3.05, 3.63) is 81.4 Å². The highest BCUT2D eigenvalue weighted by molar-refractivity contribution is 6.08. The maximum absolute atomic E-state index is 13.6. The number of rotatable bonds is 10. The highest BCUT2D eigenvalue weighted by Gasteiger charge is 2.23. The van der Waals surface area contributed by atoms with E-state index in [0.29, 0.717) is 23.8 Å². The summed E-state index contributed by atoms with van der Waals surface area (Å²) >= 11 is 0. The van der Waals surface area contributed by atoms with Gasteiger partial charge in [0.05, 0.1) is 29.9 Å². The van der Waals surface area contributed by atoms with E-state index in [-0.39, 0.29) is 18.0 Å². The van der Waals surface area contributed by atoms with Crippen LogP contribution in [0.15, 0.2) is 53.5 Å². The summed E-state index contributed by atoms with van der Waals surface area (Å²) in [5, 5.41) is 8.56. The van der Waals surface area contributed by atoms with Gasteiger partial charge in [0, 0.05) is 23.2 Å². The van der Waals surface area contributed by atoms with Crippen molar-refractivity contribution < 1.29 is 9.53 Å². The van der Waals surface area contributed by atoms with Crippen LogP contribution in [0.4, 0.5) is 0 Å². The zero-order valence-corrected chi connectivity index (χ0v) is 23.2. The van der Waals surface area contributed by atoms with Gasteiger partial charge >= 0.3 is 0 Å². The number of ether oxygens (including phenoxy) is 1. The SMILES string of the molecule is CCCCCOc1ccc(-c2cc(C(=O)NCc3c(C)cc(C)[nH]c3=O)c3cnn(C4CCCC4)c3c2)cc1. The van der Waals surface area contributed by atoms with E-state index in [1.54, 1.807) is 0 Å². The molecule has 1 amide bonds. The van der Waals surface area contributed by atoms with Crippen molar-refractivity contribution in [2.45, 2.75) is 78.3 Å². The van der Waals surface area contributed by atoms with E-state index < -0.39 is 0 Å². The number of amides is 1. The highest BCUT2D eigenvalue weighted by atomic mass is 16.5. The van der Waals surface area contributed by atoms with Crippen molar-refractivity contribution >= 4 is 16.8 Å². The summed E-state index contributed by atoms with van der Waals surface area (Å²) in [6, 6.07) is 14.4. The van der Waals surface area contributed by atoms with E-state index in [9.17, 15) is 9.59 Å². The van der Waals surface area contributed by atoms with E-state index in [4.69, 9.17) is 9.84 Å². The second-order valence-corrected chi connectivity index (χ2v) is 10.7. The van der Waals surface area contributed by atoms with Crippen LogP contribution in [0.25, 0.3) is 22.0 Å². The number of aryl methyl sites for hydroxylation is 2. The largest absolute Gasteiger partial charge is 0.494 e. The number of aromatic amines is 1. The molecule has 1 saturated carbocycles. The van der Waals surface area contributed by atoms with Crippen molar-refractivity contribution in [2.24, 2.45) is 0 Å². The number of unbranched alkanes of at least 4 members (excludes halogenated alkanes) is 2. The second-order valence-electron chi connectivity index (χ2n) is 10.7. The summed E-state index contributed by atoms with van der Waals surface area (Å²) in [5.74, 6) is 0.631. The zero-order valence-electron chi connectivity index (χ0n) is 23.2. The molecule has 0 aliphatic heterocycles. The summed E-state index contributed by atoms with van der Waals surface area (Å²) in [7, 11) is 0. The molecule has 0 spiro atoms. The number of fused-ring (bicyclic) bond motifs is 1. The molecule has 4 aromatic rings. The molecule has 2 aromatic carbocycles. The van der Waals surface area contributed by atoms with Crippen LogP contribution >= 0.6 is 0 Å². The Labute approximate surface area is 229 Å². The maximum Gasteiger partial charge on any atom is 0.253 e. The van der Waals surface area contributed by atoms with E-state index >= 15 is 0 Å². The number of hydrogen-bond acceptors (Lipinski definition) is 4. The van der Waals surface area contributed by atoms with Gasteiger partial charge in [0.15, 0.2) is 0 Å². The summed E-state index contributed by atoms with van der Waals surface area (Å²) in [4.78, 5) is 28.9. The van der Waals surface area contributed by atoms with Gasteiger partial charge in [0.1, 0.15) is 5.75 Å². The van der Waals surface area contributed by atoms with Gasteiger partial charge in [-0.05, 0) is 80.1 Å². The summed E-state index contributed by atoms with van der Waals surface area (Å²) in [5.41, 5.74) is 5.56. The van der Waals surface area contributed by atoms with E-state index in [1.807, 2.05) is 56.4 Å². The van der Waals surface area contributed by atoms with Gasteiger partial charge in [-0.25, -0.2) is 0 Å². The average molecular weight is 527 g/mol. The molecule has 0 bridgehead atoms. The topological polar surface area (TPSA) is 89.0 Å². The van der Waals surface area contributed by atoms with Crippen molar-refractivity contribution in [3.8, 4) is 16.9 Å². The first kappa shape index (κ1) is 26.7. The second kappa shape index (κ2) is 11.9. The first-order valence-corrected chi connectivity index (χ1v) is 14.2. The molecule has 0 radical (unpaired) electrons. The van der Waals surface area contributed by atoms with Crippen molar-refractivity contribution in [1.82, 2.24) is 20.1 Å². The molecular weight excluding hydrogens is 488 g/mol. The third-order valence-electron chi connectivity index (χ3n) is 7.76. The molecule has 1 aliphatic rings. The Bertz CT molecular complexity index is 1510. The molecule has 0 saturated heterocycles. The van der Waals surface area contributed by atoms with Gasteiger partial charge in [0.2, 0.25) is 0 Å². The molecular formula is C32H38N4O3. The van der Waals surface area contributed by atoms with Crippen LogP contribution < -0.4 is 15.6 Å². The van der Waals surface area contributed by atoms with Crippen molar-refractivity contribution in [2.75, 3.05) is 6.61 Å². The van der Waals surface area contributed by atoms with Crippen LogP contribution in [0.2, 0.25) is 0 Å². The number of nitrogens with zero attached hydrogens (tertiary/aromatic N) is 2. The predicted octanol–water partition coefficient (Wildman–Crippen LogP) is 6.62. The molecule has 7 heteroatoms. The van der Waals surface area contributed by atoms with Gasteiger partial charge < -0.3 is 15.0 Å². The Balaban J connectivity index is 1.46. The molecule has 2 aromatic heterocycles. The fraction of sp³-hybridized carbons (Fsp3) is 0.406. The number of pyridine rings is 1. The van der Waals surface area contributed by atoms with Gasteiger partial charge in [-0.15, -0.1) is 0 Å². The van der Waals surface area contributed by atoms with E-state index in [2.05, 4.69) is 28.0 Å². The molecule has 204 valence electrons. The fourth-order valence-electron chi connectivity index (χ4n) is 5.59. The molecule has 7 nitrogen and oxygen atoms in total. The Morgan fingerprint density at radius 2 is 1.85 bits per heavy atom. The first-order valence-electron chi connectivity index (χ1n) is 14.2. The summed E-state index contributed by atoms with van der Waals surface area (Å²) < 4.78 is 8.00. The lowest BCUT2D eigenvalue weighted by molar-refractivity contribution is 0.0952. The quantitative estimate of drug-likeness (QED) is 0.227. The number of carbonyl (C=O) groups is 1. The van der Waals surface area contributed by atoms with Crippen LogP contribution in [0.1, 0.15) is 85.1 Å². The number of benzene rings is 2. The van der Waals surface area contributed by atoms with Crippen LogP contribution in [0, 0.1) is 13.8 Å². The Hall–Kier alpha value is -3.87. The van der Waals surface area contributed by atoms with Gasteiger partial charge in [-0.3, -0.25) is 14.3 Å². The standard InChI is InChI=1S/C32H38N4O3/c1-4-5-8-15-39-26-13-11-23(12-14-26)24-17-27(29-20-34-36(30(29)18-24)25-9-6-7-10-25)31(37)33-19-28-21(2)16-22(3)35-32(28)38/h11-14,16-18,20,25H,4-10,15,19H2,1-3H3,(H,33,37)(H,35,38). The lowest BCUT2D eigenvalue weighted by atomic mass is 9.99. The van der Waals surface area contributed by atoms with Crippen LogP contribution in [0.3, 0.4) is 0 Å². The maximum atomic E-state index is 13.6. The molecule has 0 atom stereocenters. The number of carbonyl (C=O) groups excluding carboxylic acids is 1.